The molecule has 1 saturated carbocycles. The Bertz CT molecular complexity index is 323. The highest BCUT2D eigenvalue weighted by Crippen LogP contribution is 2.40. The Kier molecular flexibility index (Phi) is 2.72. The quantitative estimate of drug-likeness (QED) is 0.912. The highest BCUT2D eigenvalue weighted by atomic mass is 79.9. The van der Waals surface area contributed by atoms with E-state index >= 15 is 0 Å². The van der Waals surface area contributed by atoms with Gasteiger partial charge in [-0.1, -0.05) is 0 Å². The number of hydrogen-bond donors (Lipinski definition) is 1. The average Bonchev–Trinajstić information content (AvgIpc) is 2.85. The standard InChI is InChI=1S/C9H10Br2N2/c10-6-3-7(11)9(13-4-6)8(12)5-1-2-5/h3-5,8H,1-2,12H2. The summed E-state index contributed by atoms with van der Waals surface area (Å²) in [6.07, 6.45) is 4.28. The Morgan fingerprint density at radius 1 is 1.46 bits per heavy atom. The number of aromatic nitrogens is 1. The van der Waals surface area contributed by atoms with Gasteiger partial charge in [0.05, 0.1) is 11.7 Å². The highest BCUT2D eigenvalue weighted by Gasteiger charge is 2.31. The Labute approximate surface area is 94.2 Å². The molecule has 2 N–H and O–H groups in total. The topological polar surface area (TPSA) is 38.9 Å². The zero-order chi connectivity index (χ0) is 9.42. The molecule has 1 aliphatic carbocycles. The number of nitrogens with zero attached hydrogens (tertiary/aromatic N) is 1. The van der Waals surface area contributed by atoms with Crippen LogP contribution in [0.1, 0.15) is 24.6 Å². The number of rotatable bonds is 2. The van der Waals surface area contributed by atoms with Crippen molar-refractivity contribution in [3.8, 4) is 0 Å². The van der Waals surface area contributed by atoms with E-state index < -0.39 is 0 Å². The summed E-state index contributed by atoms with van der Waals surface area (Å²) < 4.78 is 1.98. The fourth-order valence-electron chi connectivity index (χ4n) is 1.35. The van der Waals surface area contributed by atoms with Crippen LogP contribution < -0.4 is 5.73 Å². The molecular weight excluding hydrogens is 296 g/mol. The van der Waals surface area contributed by atoms with Crippen molar-refractivity contribution in [2.24, 2.45) is 11.7 Å². The van der Waals surface area contributed by atoms with Crippen LogP contribution in [0.25, 0.3) is 0 Å². The summed E-state index contributed by atoms with van der Waals surface area (Å²) >= 11 is 6.84. The van der Waals surface area contributed by atoms with Gasteiger partial charge in [-0.3, -0.25) is 4.98 Å². The summed E-state index contributed by atoms with van der Waals surface area (Å²) in [5.74, 6) is 0.643. The van der Waals surface area contributed by atoms with E-state index in [-0.39, 0.29) is 6.04 Å². The van der Waals surface area contributed by atoms with Gasteiger partial charge in [0.1, 0.15) is 0 Å². The van der Waals surface area contributed by atoms with Crippen molar-refractivity contribution in [1.82, 2.24) is 4.98 Å². The maximum Gasteiger partial charge on any atom is 0.0716 e. The molecule has 0 aliphatic heterocycles. The number of halogens is 2. The van der Waals surface area contributed by atoms with Crippen LogP contribution >= 0.6 is 31.9 Å². The maximum absolute atomic E-state index is 6.04. The Hall–Kier alpha value is 0.0700. The van der Waals surface area contributed by atoms with E-state index in [1.165, 1.54) is 12.8 Å². The largest absolute Gasteiger partial charge is 0.322 e. The molecule has 0 bridgehead atoms. The van der Waals surface area contributed by atoms with E-state index in [1.807, 2.05) is 6.07 Å². The van der Waals surface area contributed by atoms with Crippen LogP contribution in [0.5, 0.6) is 0 Å². The second-order valence-corrected chi connectivity index (χ2v) is 5.15. The molecule has 2 rings (SSSR count). The molecule has 0 amide bonds. The fourth-order valence-corrected chi connectivity index (χ4v) is 2.60. The lowest BCUT2D eigenvalue weighted by Crippen LogP contribution is -2.14. The van der Waals surface area contributed by atoms with Crippen molar-refractivity contribution in [2.75, 3.05) is 0 Å². The third-order valence-corrected chi connectivity index (χ3v) is 3.35. The lowest BCUT2D eigenvalue weighted by atomic mass is 10.1. The van der Waals surface area contributed by atoms with Crippen molar-refractivity contribution in [3.05, 3.63) is 26.9 Å². The lowest BCUT2D eigenvalue weighted by molar-refractivity contribution is 0.611. The summed E-state index contributed by atoms with van der Waals surface area (Å²) in [6, 6.07) is 2.09. The molecule has 0 spiro atoms. The van der Waals surface area contributed by atoms with Gasteiger partial charge in [-0.05, 0) is 56.7 Å². The predicted molar refractivity (Wildman–Crippen MR) is 59.3 cm³/mol. The number of pyridine rings is 1. The molecular formula is C9H10Br2N2. The normalized spacial score (nSPS) is 18.7. The molecule has 0 aromatic carbocycles. The molecule has 13 heavy (non-hydrogen) atoms. The lowest BCUT2D eigenvalue weighted by Gasteiger charge is -2.11. The first-order valence-electron chi connectivity index (χ1n) is 4.25. The van der Waals surface area contributed by atoms with Crippen molar-refractivity contribution in [1.29, 1.82) is 0 Å². The Balaban J connectivity index is 2.28. The predicted octanol–water partition coefficient (Wildman–Crippen LogP) is 3.02. The van der Waals surface area contributed by atoms with E-state index in [2.05, 4.69) is 36.8 Å². The van der Waals surface area contributed by atoms with Gasteiger partial charge in [-0.25, -0.2) is 0 Å². The average molecular weight is 306 g/mol. The maximum atomic E-state index is 6.04. The summed E-state index contributed by atoms with van der Waals surface area (Å²) in [5.41, 5.74) is 7.02. The van der Waals surface area contributed by atoms with Crippen LogP contribution in [0.15, 0.2) is 21.2 Å². The van der Waals surface area contributed by atoms with Gasteiger partial charge in [-0.2, -0.15) is 0 Å². The summed E-state index contributed by atoms with van der Waals surface area (Å²) in [4.78, 5) is 4.32. The monoisotopic (exact) mass is 304 g/mol. The van der Waals surface area contributed by atoms with Crippen molar-refractivity contribution < 1.29 is 0 Å². The minimum atomic E-state index is 0.0995. The van der Waals surface area contributed by atoms with E-state index in [0.717, 1.165) is 14.6 Å². The Morgan fingerprint density at radius 2 is 2.15 bits per heavy atom. The fraction of sp³-hybridized carbons (Fsp3) is 0.444. The van der Waals surface area contributed by atoms with Crippen molar-refractivity contribution in [2.45, 2.75) is 18.9 Å². The van der Waals surface area contributed by atoms with E-state index in [0.29, 0.717) is 5.92 Å². The van der Waals surface area contributed by atoms with Gasteiger partial charge >= 0.3 is 0 Å². The molecule has 70 valence electrons. The SMILES string of the molecule is NC(c1ncc(Br)cc1Br)C1CC1. The van der Waals surface area contributed by atoms with Crippen LogP contribution in [0.4, 0.5) is 0 Å². The van der Waals surface area contributed by atoms with Gasteiger partial charge in [0.15, 0.2) is 0 Å². The van der Waals surface area contributed by atoms with Crippen molar-refractivity contribution in [3.63, 3.8) is 0 Å². The van der Waals surface area contributed by atoms with Gasteiger partial charge in [-0.15, -0.1) is 0 Å². The Morgan fingerprint density at radius 3 is 2.69 bits per heavy atom. The second-order valence-electron chi connectivity index (χ2n) is 3.38. The van der Waals surface area contributed by atoms with E-state index in [1.54, 1.807) is 6.20 Å². The zero-order valence-electron chi connectivity index (χ0n) is 7.00. The first kappa shape index (κ1) is 9.62. The molecule has 2 nitrogen and oxygen atoms in total. The molecule has 4 heteroatoms. The van der Waals surface area contributed by atoms with Gasteiger partial charge in [0.25, 0.3) is 0 Å². The molecule has 1 atom stereocenters. The van der Waals surface area contributed by atoms with Crippen LogP contribution in [0, 0.1) is 5.92 Å². The second kappa shape index (κ2) is 3.67. The molecule has 1 aromatic heterocycles. The van der Waals surface area contributed by atoms with E-state index in [4.69, 9.17) is 5.73 Å². The third kappa shape index (κ3) is 2.11. The highest BCUT2D eigenvalue weighted by molar-refractivity contribution is 9.11. The molecule has 1 unspecified atom stereocenters. The zero-order valence-corrected chi connectivity index (χ0v) is 10.2. The first-order valence-corrected chi connectivity index (χ1v) is 5.83. The smallest absolute Gasteiger partial charge is 0.0716 e. The first-order chi connectivity index (χ1) is 6.18. The van der Waals surface area contributed by atoms with Crippen LogP contribution in [-0.2, 0) is 0 Å². The molecule has 0 radical (unpaired) electrons. The summed E-state index contributed by atoms with van der Waals surface area (Å²) in [6.45, 7) is 0. The third-order valence-electron chi connectivity index (χ3n) is 2.28. The van der Waals surface area contributed by atoms with Crippen LogP contribution in [-0.4, -0.2) is 4.98 Å². The minimum absolute atomic E-state index is 0.0995. The molecule has 1 aliphatic rings. The van der Waals surface area contributed by atoms with Crippen LogP contribution in [0.3, 0.4) is 0 Å². The van der Waals surface area contributed by atoms with Gasteiger partial charge < -0.3 is 5.73 Å². The van der Waals surface area contributed by atoms with Gasteiger partial charge in [0, 0.05) is 15.1 Å². The summed E-state index contributed by atoms with van der Waals surface area (Å²) in [5, 5.41) is 0. The number of hydrogen-bond acceptors (Lipinski definition) is 2. The summed E-state index contributed by atoms with van der Waals surface area (Å²) in [7, 11) is 0. The van der Waals surface area contributed by atoms with Crippen molar-refractivity contribution >= 4 is 31.9 Å². The molecule has 0 saturated heterocycles. The molecule has 1 aromatic rings. The van der Waals surface area contributed by atoms with Crippen LogP contribution in [0.2, 0.25) is 0 Å². The molecule has 1 heterocycles. The molecule has 1 fully saturated rings. The minimum Gasteiger partial charge on any atom is -0.322 e. The number of nitrogens with two attached hydrogens (primary N) is 1. The van der Waals surface area contributed by atoms with Gasteiger partial charge in [0.2, 0.25) is 0 Å². The van der Waals surface area contributed by atoms with E-state index in [9.17, 15) is 0 Å².